The van der Waals surface area contributed by atoms with Crippen molar-refractivity contribution in [2.75, 3.05) is 22.6 Å². The molecule has 0 atom stereocenters. The van der Waals surface area contributed by atoms with Crippen molar-refractivity contribution in [3.8, 4) is 0 Å². The number of aryl methyl sites for hydroxylation is 6. The number of carbonyl (C=O) groups is 4. The normalized spacial score (nSPS) is 11.3. The summed E-state index contributed by atoms with van der Waals surface area (Å²) in [7, 11) is 0. The zero-order valence-corrected chi connectivity index (χ0v) is 28.8. The van der Waals surface area contributed by atoms with E-state index in [1.54, 1.807) is 45.8 Å². The first kappa shape index (κ1) is 34.7. The summed E-state index contributed by atoms with van der Waals surface area (Å²) in [5.74, 6) is -0.691. The molecule has 6 aromatic rings. The number of benzene rings is 2. The summed E-state index contributed by atoms with van der Waals surface area (Å²) in [6.45, 7) is 8.71. The predicted octanol–water partition coefficient (Wildman–Crippen LogP) is 4.16. The maximum absolute atomic E-state index is 13.5. The minimum Gasteiger partial charge on any atom is -0.387 e. The Morgan fingerprint density at radius 3 is 1.92 bits per heavy atom. The molecule has 0 unspecified atom stereocenters. The third kappa shape index (κ3) is 7.12. The fraction of sp³-hybridized carbons (Fsp3) is 0.314. The predicted molar refractivity (Wildman–Crippen MR) is 191 cm³/mol. The number of amides is 3. The molecule has 4 heterocycles. The number of nitrogens with zero attached hydrogens (tertiary/aromatic N) is 8. The number of aliphatic hydroxyl groups is 1. The van der Waals surface area contributed by atoms with Gasteiger partial charge in [-0.2, -0.15) is 10.2 Å². The Hall–Kier alpha value is -6.16. The molecule has 0 radical (unpaired) electrons. The molecule has 0 aliphatic heterocycles. The Morgan fingerprint density at radius 1 is 0.765 bits per heavy atom. The number of anilines is 3. The van der Waals surface area contributed by atoms with Crippen LogP contribution in [0.1, 0.15) is 69.4 Å². The second-order valence-corrected chi connectivity index (χ2v) is 12.0. The van der Waals surface area contributed by atoms with Crippen molar-refractivity contribution >= 4 is 63.7 Å². The summed E-state index contributed by atoms with van der Waals surface area (Å²) in [6, 6.07) is 13.9. The Kier molecular flexibility index (Phi) is 10.0. The molecule has 0 aliphatic rings. The highest BCUT2D eigenvalue weighted by molar-refractivity contribution is 6.05. The third-order valence-electron chi connectivity index (χ3n) is 8.44. The van der Waals surface area contributed by atoms with Gasteiger partial charge in [-0.15, -0.1) is 0 Å². The van der Waals surface area contributed by atoms with Gasteiger partial charge in [-0.1, -0.05) is 6.07 Å². The van der Waals surface area contributed by atoms with Crippen LogP contribution in [0.3, 0.4) is 0 Å². The number of carbonyl (C=O) groups excluding carboxylic acids is 4. The van der Waals surface area contributed by atoms with Gasteiger partial charge in [-0.25, -0.2) is 9.97 Å². The number of aromatic nitrogens is 8. The van der Waals surface area contributed by atoms with Crippen LogP contribution >= 0.6 is 0 Å². The van der Waals surface area contributed by atoms with E-state index < -0.39 is 12.5 Å². The molecular formula is C35H39N11O5. The first-order valence-electron chi connectivity index (χ1n) is 16.7. The molecule has 0 saturated carbocycles. The van der Waals surface area contributed by atoms with Crippen molar-refractivity contribution in [2.45, 2.75) is 66.7 Å². The van der Waals surface area contributed by atoms with Gasteiger partial charge < -0.3 is 19.6 Å². The minimum absolute atomic E-state index is 0.285. The fourth-order valence-corrected chi connectivity index (χ4v) is 6.11. The summed E-state index contributed by atoms with van der Waals surface area (Å²) in [4.78, 5) is 59.8. The monoisotopic (exact) mass is 693 g/mol. The SMILES string of the molecule is CCn1nc(C)cc1C(=O)Nc1nc2cc(C=O)ccc2n1CCCCn1c(NC(=O)c2cc(C)nn2CC)nc2c(NC(=O)CO)cccc21. The van der Waals surface area contributed by atoms with Gasteiger partial charge in [-0.05, 0) is 83.0 Å². The lowest BCUT2D eigenvalue weighted by Crippen LogP contribution is -2.20. The molecule has 4 aromatic heterocycles. The second kappa shape index (κ2) is 14.8. The van der Waals surface area contributed by atoms with Crippen molar-refractivity contribution in [1.82, 2.24) is 38.7 Å². The van der Waals surface area contributed by atoms with Gasteiger partial charge in [-0.3, -0.25) is 39.2 Å². The van der Waals surface area contributed by atoms with Gasteiger partial charge >= 0.3 is 0 Å². The number of para-hydroxylation sites is 1. The van der Waals surface area contributed by atoms with Crippen LogP contribution in [0.2, 0.25) is 0 Å². The van der Waals surface area contributed by atoms with Gasteiger partial charge in [0.25, 0.3) is 11.8 Å². The topological polar surface area (TPSA) is 196 Å². The van der Waals surface area contributed by atoms with E-state index >= 15 is 0 Å². The standard InChI is InChI=1S/C35H39N11O5/c1-5-45-28(16-21(3)41-45)32(50)39-34-37-25-18-23(19-47)12-13-26(25)43(34)14-7-8-15-44-27-11-9-10-24(36-30(49)20-48)31(27)38-35(44)40-33(51)29-17-22(4)42-46(29)6-2/h9-13,16-19,48H,5-8,14-15,20H2,1-4H3,(H,36,49)(H,37,39,50)(H,38,40,51). The number of fused-ring (bicyclic) bond motifs is 2. The number of aldehydes is 1. The second-order valence-electron chi connectivity index (χ2n) is 12.0. The van der Waals surface area contributed by atoms with Crippen LogP contribution in [0.4, 0.5) is 17.6 Å². The Balaban J connectivity index is 1.28. The quantitative estimate of drug-likeness (QED) is 0.0957. The molecule has 51 heavy (non-hydrogen) atoms. The average molecular weight is 694 g/mol. The van der Waals surface area contributed by atoms with E-state index in [1.165, 1.54) is 0 Å². The molecule has 2 aromatic carbocycles. The van der Waals surface area contributed by atoms with Crippen LogP contribution in [0.5, 0.6) is 0 Å². The number of unbranched alkanes of at least 4 members (excludes halogenated alkanes) is 1. The highest BCUT2D eigenvalue weighted by Crippen LogP contribution is 2.28. The summed E-state index contributed by atoms with van der Waals surface area (Å²) < 4.78 is 7.03. The number of aliphatic hydroxyl groups excluding tert-OH is 1. The summed E-state index contributed by atoms with van der Waals surface area (Å²) in [5, 5.41) is 26.7. The van der Waals surface area contributed by atoms with Gasteiger partial charge in [0, 0.05) is 31.7 Å². The highest BCUT2D eigenvalue weighted by atomic mass is 16.3. The third-order valence-corrected chi connectivity index (χ3v) is 8.44. The van der Waals surface area contributed by atoms with Gasteiger partial charge in [0.15, 0.2) is 0 Å². The maximum atomic E-state index is 13.5. The average Bonchev–Trinajstić information content (AvgIpc) is 3.89. The van der Waals surface area contributed by atoms with Gasteiger partial charge in [0.2, 0.25) is 17.8 Å². The summed E-state index contributed by atoms with van der Waals surface area (Å²) in [5.41, 5.74) is 5.55. The minimum atomic E-state index is -0.690. The zero-order valence-electron chi connectivity index (χ0n) is 28.8. The van der Waals surface area contributed by atoms with E-state index in [2.05, 4.69) is 31.1 Å². The Bertz CT molecular complexity index is 2280. The Labute approximate surface area is 292 Å². The van der Waals surface area contributed by atoms with Crippen LogP contribution < -0.4 is 16.0 Å². The van der Waals surface area contributed by atoms with Crippen molar-refractivity contribution in [3.63, 3.8) is 0 Å². The van der Waals surface area contributed by atoms with Crippen LogP contribution in [-0.2, 0) is 31.0 Å². The summed E-state index contributed by atoms with van der Waals surface area (Å²) in [6.07, 6.45) is 2.00. The van der Waals surface area contributed by atoms with Crippen LogP contribution in [0.25, 0.3) is 22.1 Å². The molecule has 0 bridgehead atoms. The number of hydrogen-bond acceptors (Lipinski definition) is 9. The number of imidazole rings is 2. The molecule has 0 spiro atoms. The lowest BCUT2D eigenvalue weighted by Gasteiger charge is -2.13. The first-order valence-corrected chi connectivity index (χ1v) is 16.7. The first-order chi connectivity index (χ1) is 24.6. The van der Waals surface area contributed by atoms with Crippen LogP contribution in [0, 0.1) is 13.8 Å². The molecule has 6 rings (SSSR count). The van der Waals surface area contributed by atoms with Crippen LogP contribution in [-0.4, -0.2) is 74.4 Å². The maximum Gasteiger partial charge on any atom is 0.276 e. The molecule has 264 valence electrons. The molecular weight excluding hydrogens is 654 g/mol. The largest absolute Gasteiger partial charge is 0.387 e. The van der Waals surface area contributed by atoms with Gasteiger partial charge in [0.1, 0.15) is 29.8 Å². The number of hydrogen-bond donors (Lipinski definition) is 4. The smallest absolute Gasteiger partial charge is 0.276 e. The van der Waals surface area contributed by atoms with E-state index in [-0.39, 0.29) is 17.8 Å². The molecule has 0 saturated heterocycles. The molecule has 0 aliphatic carbocycles. The number of rotatable bonds is 14. The molecule has 0 fully saturated rings. The van der Waals surface area contributed by atoms with Crippen molar-refractivity contribution < 1.29 is 24.3 Å². The molecule has 16 nitrogen and oxygen atoms in total. The van der Waals surface area contributed by atoms with Crippen LogP contribution in [0.15, 0.2) is 48.5 Å². The number of nitrogens with one attached hydrogen (secondary N) is 3. The van der Waals surface area contributed by atoms with E-state index in [1.807, 2.05) is 49.0 Å². The lowest BCUT2D eigenvalue weighted by atomic mass is 10.2. The fourth-order valence-electron chi connectivity index (χ4n) is 6.11. The highest BCUT2D eigenvalue weighted by Gasteiger charge is 2.21. The van der Waals surface area contributed by atoms with E-state index in [9.17, 15) is 24.3 Å². The molecule has 16 heteroatoms. The van der Waals surface area contributed by atoms with Crippen molar-refractivity contribution in [1.29, 1.82) is 0 Å². The van der Waals surface area contributed by atoms with E-state index in [0.717, 1.165) is 17.5 Å². The molecule has 3 amide bonds. The van der Waals surface area contributed by atoms with Gasteiger partial charge in [0.05, 0.1) is 33.6 Å². The molecule has 4 N–H and O–H groups in total. The van der Waals surface area contributed by atoms with Crippen molar-refractivity contribution in [3.05, 3.63) is 76.9 Å². The zero-order chi connectivity index (χ0) is 36.2. The lowest BCUT2D eigenvalue weighted by molar-refractivity contribution is -0.118. The Morgan fingerprint density at radius 2 is 1.35 bits per heavy atom. The summed E-state index contributed by atoms with van der Waals surface area (Å²) >= 11 is 0. The van der Waals surface area contributed by atoms with E-state index in [0.29, 0.717) is 89.9 Å². The van der Waals surface area contributed by atoms with Crippen molar-refractivity contribution in [2.24, 2.45) is 0 Å². The van der Waals surface area contributed by atoms with E-state index in [4.69, 9.17) is 4.98 Å².